The van der Waals surface area contributed by atoms with Crippen LogP contribution in [0.1, 0.15) is 13.0 Å². The van der Waals surface area contributed by atoms with E-state index in [-0.39, 0.29) is 11.9 Å². The Morgan fingerprint density at radius 3 is 2.46 bits per heavy atom. The molecule has 1 atom stereocenters. The first-order valence-electron chi connectivity index (χ1n) is 7.93. The van der Waals surface area contributed by atoms with Gasteiger partial charge >= 0.3 is 0 Å². The highest BCUT2D eigenvalue weighted by Gasteiger charge is 2.22. The third kappa shape index (κ3) is 3.42. The summed E-state index contributed by atoms with van der Waals surface area (Å²) in [5.74, 6) is 1.28. The van der Waals surface area contributed by atoms with Gasteiger partial charge in [0.1, 0.15) is 13.2 Å². The number of hydrogen-bond acceptors (Lipinski definition) is 4. The Bertz CT molecular complexity index is 729. The van der Waals surface area contributed by atoms with Gasteiger partial charge in [0.2, 0.25) is 6.04 Å². The van der Waals surface area contributed by atoms with Gasteiger partial charge in [-0.15, -0.1) is 0 Å². The number of fused-ring (bicyclic) bond motifs is 1. The molecule has 6 nitrogen and oxygen atoms in total. The second-order valence-electron chi connectivity index (χ2n) is 5.92. The van der Waals surface area contributed by atoms with E-state index in [2.05, 4.69) is 5.32 Å². The molecule has 6 heteroatoms. The predicted molar refractivity (Wildman–Crippen MR) is 91.7 cm³/mol. The average molecular weight is 328 g/mol. The lowest BCUT2D eigenvalue weighted by Gasteiger charge is -2.19. The fourth-order valence-electron chi connectivity index (χ4n) is 2.49. The van der Waals surface area contributed by atoms with Crippen LogP contribution in [-0.2, 0) is 4.79 Å². The van der Waals surface area contributed by atoms with Crippen molar-refractivity contribution >= 4 is 17.3 Å². The van der Waals surface area contributed by atoms with Gasteiger partial charge < -0.3 is 19.7 Å². The SMILES string of the molecule is C[C@@H](C(=O)Nc1ccc2c(c1)OCCO2)[n+]1ccc(N(C)C)cc1. The van der Waals surface area contributed by atoms with E-state index in [9.17, 15) is 4.79 Å². The van der Waals surface area contributed by atoms with Crippen molar-refractivity contribution in [2.24, 2.45) is 0 Å². The maximum absolute atomic E-state index is 12.5. The van der Waals surface area contributed by atoms with Crippen molar-refractivity contribution in [1.29, 1.82) is 0 Å². The number of pyridine rings is 1. The van der Waals surface area contributed by atoms with Gasteiger partial charge in [0, 0.05) is 50.6 Å². The van der Waals surface area contributed by atoms with Crippen LogP contribution >= 0.6 is 0 Å². The van der Waals surface area contributed by atoms with Gasteiger partial charge in [0.15, 0.2) is 23.9 Å². The summed E-state index contributed by atoms with van der Waals surface area (Å²) in [5.41, 5.74) is 1.78. The monoisotopic (exact) mass is 328 g/mol. The zero-order chi connectivity index (χ0) is 17.1. The van der Waals surface area contributed by atoms with E-state index in [0.717, 1.165) is 5.69 Å². The molecule has 1 aromatic heterocycles. The molecule has 0 aliphatic carbocycles. The fraction of sp³-hybridized carbons (Fsp3) is 0.333. The summed E-state index contributed by atoms with van der Waals surface area (Å²) in [4.78, 5) is 14.5. The number of nitrogens with zero attached hydrogens (tertiary/aromatic N) is 2. The number of hydrogen-bond donors (Lipinski definition) is 1. The molecule has 1 aliphatic rings. The van der Waals surface area contributed by atoms with Gasteiger partial charge in [-0.3, -0.25) is 4.79 Å². The second kappa shape index (κ2) is 6.78. The summed E-state index contributed by atoms with van der Waals surface area (Å²) < 4.78 is 12.9. The van der Waals surface area contributed by atoms with Gasteiger partial charge in [0.25, 0.3) is 5.91 Å². The van der Waals surface area contributed by atoms with Crippen molar-refractivity contribution in [2.45, 2.75) is 13.0 Å². The Labute approximate surface area is 141 Å². The van der Waals surface area contributed by atoms with Crippen molar-refractivity contribution in [3.63, 3.8) is 0 Å². The Balaban J connectivity index is 1.69. The molecule has 2 heterocycles. The number of rotatable bonds is 4. The summed E-state index contributed by atoms with van der Waals surface area (Å²) in [6.07, 6.45) is 3.81. The van der Waals surface area contributed by atoms with E-state index in [0.29, 0.717) is 30.4 Å². The molecule has 1 N–H and O–H groups in total. The predicted octanol–water partition coefficient (Wildman–Crippen LogP) is 2.01. The van der Waals surface area contributed by atoms with Crippen LogP contribution in [0.5, 0.6) is 11.5 Å². The van der Waals surface area contributed by atoms with E-state index in [4.69, 9.17) is 9.47 Å². The highest BCUT2D eigenvalue weighted by atomic mass is 16.6. The third-order valence-electron chi connectivity index (χ3n) is 3.99. The van der Waals surface area contributed by atoms with Gasteiger partial charge in [-0.25, -0.2) is 0 Å². The van der Waals surface area contributed by atoms with E-state index < -0.39 is 0 Å². The number of nitrogens with one attached hydrogen (secondary N) is 1. The number of anilines is 2. The topological polar surface area (TPSA) is 54.7 Å². The molecule has 0 unspecified atom stereocenters. The molecule has 24 heavy (non-hydrogen) atoms. The average Bonchev–Trinajstić information content (AvgIpc) is 2.61. The Morgan fingerprint density at radius 2 is 1.79 bits per heavy atom. The molecule has 0 radical (unpaired) electrons. The smallest absolute Gasteiger partial charge is 0.293 e. The third-order valence-corrected chi connectivity index (χ3v) is 3.99. The molecular weight excluding hydrogens is 306 g/mol. The van der Waals surface area contributed by atoms with Crippen LogP contribution in [0.25, 0.3) is 0 Å². The highest BCUT2D eigenvalue weighted by molar-refractivity contribution is 5.92. The zero-order valence-corrected chi connectivity index (χ0v) is 14.2. The van der Waals surface area contributed by atoms with Crippen molar-refractivity contribution < 1.29 is 18.8 Å². The highest BCUT2D eigenvalue weighted by Crippen LogP contribution is 2.32. The van der Waals surface area contributed by atoms with Crippen molar-refractivity contribution in [1.82, 2.24) is 0 Å². The summed E-state index contributed by atoms with van der Waals surface area (Å²) in [7, 11) is 3.97. The van der Waals surface area contributed by atoms with E-state index in [1.165, 1.54) is 0 Å². The largest absolute Gasteiger partial charge is 0.486 e. The fourth-order valence-corrected chi connectivity index (χ4v) is 2.49. The normalized spacial score (nSPS) is 14.0. The maximum atomic E-state index is 12.5. The molecule has 126 valence electrons. The van der Waals surface area contributed by atoms with Crippen LogP contribution in [0.2, 0.25) is 0 Å². The minimum absolute atomic E-state index is 0.0886. The quantitative estimate of drug-likeness (QED) is 0.873. The lowest BCUT2D eigenvalue weighted by molar-refractivity contribution is -0.705. The Hall–Kier alpha value is -2.76. The summed E-state index contributed by atoms with van der Waals surface area (Å²) in [6.45, 7) is 2.94. The first kappa shape index (κ1) is 16.1. The molecule has 0 bridgehead atoms. The van der Waals surface area contributed by atoms with Crippen LogP contribution in [-0.4, -0.2) is 33.2 Å². The van der Waals surface area contributed by atoms with Crippen LogP contribution < -0.4 is 24.3 Å². The van der Waals surface area contributed by atoms with Gasteiger partial charge in [-0.2, -0.15) is 4.57 Å². The van der Waals surface area contributed by atoms with Crippen LogP contribution in [0.3, 0.4) is 0 Å². The van der Waals surface area contributed by atoms with Crippen LogP contribution in [0, 0.1) is 0 Å². The summed E-state index contributed by atoms with van der Waals surface area (Å²) in [5, 5.41) is 2.92. The van der Waals surface area contributed by atoms with Gasteiger partial charge in [0.05, 0.1) is 0 Å². The lowest BCUT2D eigenvalue weighted by atomic mass is 10.2. The molecule has 1 amide bonds. The number of amides is 1. The van der Waals surface area contributed by atoms with Crippen LogP contribution in [0.4, 0.5) is 11.4 Å². The van der Waals surface area contributed by atoms with Gasteiger partial charge in [-0.05, 0) is 12.1 Å². The molecule has 0 fully saturated rings. The Kier molecular flexibility index (Phi) is 4.55. The summed E-state index contributed by atoms with van der Waals surface area (Å²) in [6, 6.07) is 9.06. The van der Waals surface area contributed by atoms with E-state index in [1.54, 1.807) is 6.07 Å². The minimum atomic E-state index is -0.325. The van der Waals surface area contributed by atoms with Gasteiger partial charge in [-0.1, -0.05) is 0 Å². The molecule has 0 saturated heterocycles. The molecule has 0 spiro atoms. The molecule has 0 saturated carbocycles. The molecule has 1 aliphatic heterocycles. The molecule has 1 aromatic carbocycles. The molecule has 2 aromatic rings. The number of aromatic nitrogens is 1. The number of ether oxygens (including phenoxy) is 2. The first-order valence-corrected chi connectivity index (χ1v) is 7.93. The van der Waals surface area contributed by atoms with Crippen molar-refractivity contribution in [3.8, 4) is 11.5 Å². The Morgan fingerprint density at radius 1 is 1.12 bits per heavy atom. The zero-order valence-electron chi connectivity index (χ0n) is 14.2. The number of carbonyl (C=O) groups excluding carboxylic acids is 1. The van der Waals surface area contributed by atoms with Crippen LogP contribution in [0.15, 0.2) is 42.7 Å². The van der Waals surface area contributed by atoms with Crippen molar-refractivity contribution in [3.05, 3.63) is 42.7 Å². The molecule has 3 rings (SSSR count). The lowest BCUT2D eigenvalue weighted by Crippen LogP contribution is -2.44. The number of benzene rings is 1. The van der Waals surface area contributed by atoms with E-state index in [1.807, 2.05) is 67.1 Å². The van der Waals surface area contributed by atoms with E-state index >= 15 is 0 Å². The second-order valence-corrected chi connectivity index (χ2v) is 5.92. The standard InChI is InChI=1S/C18H21N3O3/c1-13(21-8-6-15(7-9-21)20(2)3)18(22)19-14-4-5-16-17(12-14)24-11-10-23-16/h4-9,12-13H,10-11H2,1-3H3/p+1/t13-/m0/s1. The summed E-state index contributed by atoms with van der Waals surface area (Å²) >= 11 is 0. The first-order chi connectivity index (χ1) is 11.5. The van der Waals surface area contributed by atoms with Crippen molar-refractivity contribution in [2.75, 3.05) is 37.5 Å². The maximum Gasteiger partial charge on any atom is 0.293 e. The minimum Gasteiger partial charge on any atom is -0.486 e. The molecular formula is C18H22N3O3+. The number of carbonyl (C=O) groups is 1.